The summed E-state index contributed by atoms with van der Waals surface area (Å²) < 4.78 is 42.0. The van der Waals surface area contributed by atoms with Gasteiger partial charge in [-0.15, -0.1) is 4.80 Å². The summed E-state index contributed by atoms with van der Waals surface area (Å²) in [4.78, 5) is 17.8. The molecule has 0 atom stereocenters. The van der Waals surface area contributed by atoms with E-state index in [4.69, 9.17) is 16.9 Å². The van der Waals surface area contributed by atoms with Gasteiger partial charge in [0.25, 0.3) is 5.91 Å². The highest BCUT2D eigenvalue weighted by atomic mass is 35.5. The Morgan fingerprint density at radius 2 is 1.78 bits per heavy atom. The van der Waals surface area contributed by atoms with Gasteiger partial charge in [0.1, 0.15) is 0 Å². The summed E-state index contributed by atoms with van der Waals surface area (Å²) in [7, 11) is 0. The number of hydrogen-bond acceptors (Lipinski definition) is 6. The van der Waals surface area contributed by atoms with E-state index >= 15 is 0 Å². The summed E-state index contributed by atoms with van der Waals surface area (Å²) in [6, 6.07) is 8.48. The lowest BCUT2D eigenvalue weighted by molar-refractivity contribution is -0.143. The molecule has 0 aliphatic carbocycles. The zero-order chi connectivity index (χ0) is 22.9. The molecule has 3 aromatic heterocycles. The Morgan fingerprint density at radius 1 is 1.09 bits per heavy atom. The van der Waals surface area contributed by atoms with E-state index in [9.17, 15) is 18.0 Å². The molecule has 0 bridgehead atoms. The molecule has 9 nitrogen and oxygen atoms in total. The maximum absolute atomic E-state index is 13.8. The van der Waals surface area contributed by atoms with E-state index in [1.807, 2.05) is 6.07 Å². The van der Waals surface area contributed by atoms with Crippen LogP contribution in [0.1, 0.15) is 21.6 Å². The molecule has 1 N–H and O–H groups in total. The van der Waals surface area contributed by atoms with Gasteiger partial charge in [0.2, 0.25) is 0 Å². The largest absolute Gasteiger partial charge is 0.434 e. The fraction of sp³-hybridized carbons (Fsp3) is 0.0526. The van der Waals surface area contributed by atoms with Crippen LogP contribution in [0.3, 0.4) is 0 Å². The van der Waals surface area contributed by atoms with Crippen LogP contribution in [0.5, 0.6) is 0 Å². The number of nitrogens with one attached hydrogen (secondary N) is 1. The minimum Gasteiger partial charge on any atom is -0.320 e. The predicted octanol–water partition coefficient (Wildman–Crippen LogP) is 3.64. The summed E-state index contributed by atoms with van der Waals surface area (Å²) >= 11 is 6.13. The van der Waals surface area contributed by atoms with Gasteiger partial charge in [-0.05, 0) is 30.3 Å². The average Bonchev–Trinajstić information content (AvgIpc) is 3.44. The molecule has 0 aliphatic heterocycles. The second-order valence-corrected chi connectivity index (χ2v) is 6.68. The molecule has 0 fully saturated rings. The van der Waals surface area contributed by atoms with Gasteiger partial charge in [-0.25, -0.2) is 9.67 Å². The average molecular weight is 459 g/mol. The van der Waals surface area contributed by atoms with Crippen LogP contribution >= 0.6 is 11.6 Å². The Labute approximate surface area is 182 Å². The lowest BCUT2D eigenvalue weighted by Crippen LogP contribution is -2.21. The number of nitriles is 1. The standard InChI is InChI=1S/C19H10ClF3N8O/c20-15-7-12(9-25-17(15)31-26-5-6-27-31)29-18(32)14-10-28-30(16(14)19(21,22)23)13-3-1-11(8-24)2-4-13/h1-7,9-10H,(H,29,32). The van der Waals surface area contributed by atoms with Crippen molar-refractivity contribution in [1.29, 1.82) is 5.26 Å². The van der Waals surface area contributed by atoms with Crippen LogP contribution in [0.25, 0.3) is 11.5 Å². The van der Waals surface area contributed by atoms with Crippen molar-refractivity contribution in [3.63, 3.8) is 0 Å². The maximum Gasteiger partial charge on any atom is 0.434 e. The van der Waals surface area contributed by atoms with Crippen LogP contribution < -0.4 is 5.32 Å². The first-order valence-corrected chi connectivity index (χ1v) is 9.15. The zero-order valence-corrected chi connectivity index (χ0v) is 16.5. The van der Waals surface area contributed by atoms with E-state index in [1.54, 1.807) is 0 Å². The molecule has 0 saturated heterocycles. The van der Waals surface area contributed by atoms with Crippen LogP contribution in [0.2, 0.25) is 5.02 Å². The Bertz CT molecular complexity index is 1320. The molecule has 0 unspecified atom stereocenters. The number of pyridine rings is 1. The van der Waals surface area contributed by atoms with Gasteiger partial charge in [0.15, 0.2) is 11.5 Å². The second-order valence-electron chi connectivity index (χ2n) is 6.28. The molecule has 0 spiro atoms. The minimum absolute atomic E-state index is 0.0381. The normalized spacial score (nSPS) is 11.2. The van der Waals surface area contributed by atoms with E-state index in [-0.39, 0.29) is 27.8 Å². The fourth-order valence-corrected chi connectivity index (χ4v) is 3.07. The van der Waals surface area contributed by atoms with E-state index < -0.39 is 23.3 Å². The number of nitrogens with zero attached hydrogens (tertiary/aromatic N) is 7. The second kappa shape index (κ2) is 8.12. The molecule has 0 radical (unpaired) electrons. The van der Waals surface area contributed by atoms with E-state index in [0.29, 0.717) is 4.68 Å². The van der Waals surface area contributed by atoms with Gasteiger partial charge < -0.3 is 5.32 Å². The number of hydrogen-bond donors (Lipinski definition) is 1. The van der Waals surface area contributed by atoms with Gasteiger partial charge in [-0.2, -0.15) is 33.7 Å². The number of amides is 1. The highest BCUT2D eigenvalue weighted by Crippen LogP contribution is 2.34. The van der Waals surface area contributed by atoms with Crippen molar-refractivity contribution in [1.82, 2.24) is 29.8 Å². The molecule has 4 rings (SSSR count). The lowest BCUT2D eigenvalue weighted by atomic mass is 10.2. The van der Waals surface area contributed by atoms with E-state index in [0.717, 1.165) is 11.0 Å². The summed E-state index contributed by atoms with van der Waals surface area (Å²) in [6.45, 7) is 0. The van der Waals surface area contributed by atoms with Crippen molar-refractivity contribution in [3.8, 4) is 17.6 Å². The first kappa shape index (κ1) is 21.0. The van der Waals surface area contributed by atoms with Crippen molar-refractivity contribution in [2.45, 2.75) is 6.18 Å². The molecule has 1 amide bonds. The molecule has 0 aliphatic rings. The first-order chi connectivity index (χ1) is 15.3. The number of benzene rings is 1. The summed E-state index contributed by atoms with van der Waals surface area (Å²) in [5.41, 5.74) is -1.59. The Morgan fingerprint density at radius 3 is 2.38 bits per heavy atom. The SMILES string of the molecule is N#Cc1ccc(-n2ncc(C(=O)Nc3cnc(-n4nccn4)c(Cl)c3)c2C(F)(F)F)cc1. The van der Waals surface area contributed by atoms with Gasteiger partial charge >= 0.3 is 6.18 Å². The van der Waals surface area contributed by atoms with Crippen molar-refractivity contribution in [2.24, 2.45) is 0 Å². The quantitative estimate of drug-likeness (QED) is 0.499. The van der Waals surface area contributed by atoms with Crippen molar-refractivity contribution >= 4 is 23.2 Å². The van der Waals surface area contributed by atoms with E-state index in [1.165, 1.54) is 48.9 Å². The predicted molar refractivity (Wildman–Crippen MR) is 105 cm³/mol. The highest BCUT2D eigenvalue weighted by molar-refractivity contribution is 6.32. The Balaban J connectivity index is 1.66. The van der Waals surface area contributed by atoms with Crippen LogP contribution in [-0.2, 0) is 6.18 Å². The van der Waals surface area contributed by atoms with Gasteiger partial charge in [0.05, 0.1) is 58.4 Å². The molecule has 160 valence electrons. The maximum atomic E-state index is 13.8. The third-order valence-corrected chi connectivity index (χ3v) is 4.49. The molecule has 0 saturated carbocycles. The smallest absolute Gasteiger partial charge is 0.320 e. The number of carbonyl (C=O) groups excluding carboxylic acids is 1. The lowest BCUT2D eigenvalue weighted by Gasteiger charge is -2.13. The molecular formula is C19H10ClF3N8O. The number of aromatic nitrogens is 6. The number of rotatable bonds is 4. The molecular weight excluding hydrogens is 449 g/mol. The molecule has 32 heavy (non-hydrogen) atoms. The number of alkyl halides is 3. The zero-order valence-electron chi connectivity index (χ0n) is 15.7. The molecule has 1 aromatic carbocycles. The number of anilines is 1. The Kier molecular flexibility index (Phi) is 5.33. The summed E-state index contributed by atoms with van der Waals surface area (Å²) in [5, 5.41) is 22.8. The van der Waals surface area contributed by atoms with Gasteiger partial charge in [-0.3, -0.25) is 4.79 Å². The fourth-order valence-electron chi connectivity index (χ4n) is 2.83. The van der Waals surface area contributed by atoms with Crippen LogP contribution in [0.15, 0.2) is 55.1 Å². The molecule has 4 aromatic rings. The minimum atomic E-state index is -4.89. The number of halogens is 4. The highest BCUT2D eigenvalue weighted by Gasteiger charge is 2.40. The van der Waals surface area contributed by atoms with Crippen molar-refractivity contribution in [2.75, 3.05) is 5.32 Å². The van der Waals surface area contributed by atoms with Crippen molar-refractivity contribution in [3.05, 3.63) is 77.0 Å². The third kappa shape index (κ3) is 4.01. The third-order valence-electron chi connectivity index (χ3n) is 4.21. The molecule has 13 heteroatoms. The van der Waals surface area contributed by atoms with Crippen LogP contribution in [0.4, 0.5) is 18.9 Å². The summed E-state index contributed by atoms with van der Waals surface area (Å²) in [6.07, 6.45) is -0.0352. The van der Waals surface area contributed by atoms with E-state index in [2.05, 4.69) is 25.6 Å². The van der Waals surface area contributed by atoms with Crippen molar-refractivity contribution < 1.29 is 18.0 Å². The topological polar surface area (TPSA) is 114 Å². The molecule has 3 heterocycles. The monoisotopic (exact) mass is 458 g/mol. The first-order valence-electron chi connectivity index (χ1n) is 8.77. The Hall–Kier alpha value is -4.24. The number of carbonyl (C=O) groups is 1. The van der Waals surface area contributed by atoms with Crippen LogP contribution in [0, 0.1) is 11.3 Å². The van der Waals surface area contributed by atoms with Gasteiger partial charge in [-0.1, -0.05) is 11.6 Å². The van der Waals surface area contributed by atoms with Gasteiger partial charge in [0, 0.05) is 0 Å². The van der Waals surface area contributed by atoms with Crippen LogP contribution in [-0.4, -0.2) is 35.7 Å². The summed E-state index contributed by atoms with van der Waals surface area (Å²) in [5.74, 6) is -0.876.